The number of nitrogens with zero attached hydrogens (tertiary/aromatic N) is 1. The second-order valence-corrected chi connectivity index (χ2v) is 3.23. The minimum Gasteiger partial charge on any atom is -0.382 e. The van der Waals surface area contributed by atoms with E-state index < -0.39 is 12.0 Å². The standard InChI is InChI=1S/C10H15N3O2/c11-10(15)9(14)7-13-6-3-8-1-4-12-5-2-8/h1-2,4-5,9,13-14H,3,6-7H2,(H2,11,15). The van der Waals surface area contributed by atoms with E-state index in [0.717, 1.165) is 12.0 Å². The summed E-state index contributed by atoms with van der Waals surface area (Å²) in [5.41, 5.74) is 6.05. The van der Waals surface area contributed by atoms with Gasteiger partial charge in [-0.2, -0.15) is 0 Å². The smallest absolute Gasteiger partial charge is 0.247 e. The quantitative estimate of drug-likeness (QED) is 0.528. The van der Waals surface area contributed by atoms with Crippen LogP contribution in [0.1, 0.15) is 5.56 Å². The third-order valence-electron chi connectivity index (χ3n) is 2.01. The number of carbonyl (C=O) groups excluding carboxylic acids is 1. The van der Waals surface area contributed by atoms with Crippen LogP contribution in [0.25, 0.3) is 0 Å². The Morgan fingerprint density at radius 2 is 2.20 bits per heavy atom. The number of carbonyl (C=O) groups is 1. The van der Waals surface area contributed by atoms with Crippen LogP contribution >= 0.6 is 0 Å². The monoisotopic (exact) mass is 209 g/mol. The predicted octanol–water partition coefficient (Wildman–Crippen LogP) is -0.940. The third kappa shape index (κ3) is 4.53. The van der Waals surface area contributed by atoms with Crippen molar-refractivity contribution in [3.63, 3.8) is 0 Å². The van der Waals surface area contributed by atoms with Gasteiger partial charge in [-0.1, -0.05) is 0 Å². The number of amides is 1. The minimum atomic E-state index is -1.11. The van der Waals surface area contributed by atoms with Gasteiger partial charge in [0.15, 0.2) is 0 Å². The topological polar surface area (TPSA) is 88.2 Å². The summed E-state index contributed by atoms with van der Waals surface area (Å²) in [5.74, 6) is -0.702. The number of aliphatic hydroxyl groups excluding tert-OH is 1. The van der Waals surface area contributed by atoms with Crippen molar-refractivity contribution >= 4 is 5.91 Å². The Morgan fingerprint density at radius 3 is 2.80 bits per heavy atom. The Morgan fingerprint density at radius 1 is 1.53 bits per heavy atom. The van der Waals surface area contributed by atoms with Crippen molar-refractivity contribution in [2.75, 3.05) is 13.1 Å². The Hall–Kier alpha value is -1.46. The van der Waals surface area contributed by atoms with Crippen LogP contribution in [0.15, 0.2) is 24.5 Å². The molecule has 1 rings (SSSR count). The molecule has 0 bridgehead atoms. The summed E-state index contributed by atoms with van der Waals surface area (Å²) in [7, 11) is 0. The maximum absolute atomic E-state index is 10.5. The first-order valence-electron chi connectivity index (χ1n) is 4.77. The molecule has 1 amide bonds. The molecule has 1 atom stereocenters. The summed E-state index contributed by atoms with van der Waals surface area (Å²) in [6.45, 7) is 0.884. The van der Waals surface area contributed by atoms with Gasteiger partial charge >= 0.3 is 0 Å². The van der Waals surface area contributed by atoms with Crippen LogP contribution in [0, 0.1) is 0 Å². The van der Waals surface area contributed by atoms with E-state index in [2.05, 4.69) is 10.3 Å². The number of rotatable bonds is 6. The van der Waals surface area contributed by atoms with Crippen molar-refractivity contribution in [1.82, 2.24) is 10.3 Å². The van der Waals surface area contributed by atoms with Gasteiger partial charge in [-0.3, -0.25) is 9.78 Å². The first-order valence-corrected chi connectivity index (χ1v) is 4.77. The summed E-state index contributed by atoms with van der Waals surface area (Å²) in [6, 6.07) is 3.85. The van der Waals surface area contributed by atoms with Crippen LogP contribution in [0.3, 0.4) is 0 Å². The Kier molecular flexibility index (Phi) is 4.73. The van der Waals surface area contributed by atoms with Crippen molar-refractivity contribution < 1.29 is 9.90 Å². The van der Waals surface area contributed by atoms with E-state index in [1.807, 2.05) is 12.1 Å². The number of aromatic nitrogens is 1. The van der Waals surface area contributed by atoms with Gasteiger partial charge in [0, 0.05) is 18.9 Å². The van der Waals surface area contributed by atoms with Gasteiger partial charge in [-0.15, -0.1) is 0 Å². The van der Waals surface area contributed by atoms with Crippen LogP contribution < -0.4 is 11.1 Å². The zero-order valence-corrected chi connectivity index (χ0v) is 8.39. The van der Waals surface area contributed by atoms with E-state index in [4.69, 9.17) is 10.8 Å². The van der Waals surface area contributed by atoms with E-state index in [9.17, 15) is 4.79 Å². The zero-order chi connectivity index (χ0) is 11.1. The number of nitrogens with two attached hydrogens (primary N) is 1. The number of pyridine rings is 1. The fourth-order valence-corrected chi connectivity index (χ4v) is 1.12. The highest BCUT2D eigenvalue weighted by atomic mass is 16.3. The summed E-state index contributed by atoms with van der Waals surface area (Å²) >= 11 is 0. The number of hydrogen-bond donors (Lipinski definition) is 3. The maximum Gasteiger partial charge on any atom is 0.247 e. The Balaban J connectivity index is 2.15. The van der Waals surface area contributed by atoms with Gasteiger partial charge in [-0.05, 0) is 30.7 Å². The summed E-state index contributed by atoms with van der Waals surface area (Å²) in [6.07, 6.45) is 3.18. The van der Waals surface area contributed by atoms with Gasteiger partial charge in [0.1, 0.15) is 6.10 Å². The first-order chi connectivity index (χ1) is 7.20. The molecule has 0 fully saturated rings. The van der Waals surface area contributed by atoms with Crippen LogP contribution in [-0.4, -0.2) is 35.2 Å². The molecule has 0 aromatic carbocycles. The van der Waals surface area contributed by atoms with Crippen molar-refractivity contribution in [3.8, 4) is 0 Å². The molecule has 0 aliphatic carbocycles. The molecule has 82 valence electrons. The molecule has 1 aromatic rings. The molecule has 15 heavy (non-hydrogen) atoms. The average Bonchev–Trinajstić information content (AvgIpc) is 2.25. The number of hydrogen-bond acceptors (Lipinski definition) is 4. The maximum atomic E-state index is 10.5. The average molecular weight is 209 g/mol. The third-order valence-corrected chi connectivity index (χ3v) is 2.01. The summed E-state index contributed by atoms with van der Waals surface area (Å²) in [5, 5.41) is 12.0. The van der Waals surface area contributed by atoms with Gasteiger partial charge < -0.3 is 16.2 Å². The molecule has 0 radical (unpaired) electrons. The van der Waals surface area contributed by atoms with Crippen LogP contribution in [-0.2, 0) is 11.2 Å². The van der Waals surface area contributed by atoms with Crippen molar-refractivity contribution in [2.24, 2.45) is 5.73 Å². The van der Waals surface area contributed by atoms with Crippen molar-refractivity contribution in [3.05, 3.63) is 30.1 Å². The van der Waals surface area contributed by atoms with Gasteiger partial charge in [0.2, 0.25) is 5.91 Å². The second kappa shape index (κ2) is 6.10. The highest BCUT2D eigenvalue weighted by Crippen LogP contribution is 1.95. The number of nitrogens with one attached hydrogen (secondary N) is 1. The first kappa shape index (κ1) is 11.6. The molecule has 0 spiro atoms. The largest absolute Gasteiger partial charge is 0.382 e. The fourth-order valence-electron chi connectivity index (χ4n) is 1.12. The highest BCUT2D eigenvalue weighted by Gasteiger charge is 2.08. The van der Waals surface area contributed by atoms with Gasteiger partial charge in [0.05, 0.1) is 0 Å². The highest BCUT2D eigenvalue weighted by molar-refractivity contribution is 5.78. The summed E-state index contributed by atoms with van der Waals surface area (Å²) < 4.78 is 0. The molecule has 4 N–H and O–H groups in total. The molecule has 0 saturated carbocycles. The molecule has 0 aliphatic heterocycles. The van der Waals surface area contributed by atoms with E-state index >= 15 is 0 Å². The Bertz CT molecular complexity index is 303. The van der Waals surface area contributed by atoms with E-state index in [1.165, 1.54) is 0 Å². The summed E-state index contributed by atoms with van der Waals surface area (Å²) in [4.78, 5) is 14.4. The van der Waals surface area contributed by atoms with Crippen molar-refractivity contribution in [2.45, 2.75) is 12.5 Å². The molecular weight excluding hydrogens is 194 g/mol. The second-order valence-electron chi connectivity index (χ2n) is 3.23. The van der Waals surface area contributed by atoms with Gasteiger partial charge in [0.25, 0.3) is 0 Å². The lowest BCUT2D eigenvalue weighted by Crippen LogP contribution is -2.38. The number of primary amides is 1. The normalized spacial score (nSPS) is 12.3. The predicted molar refractivity (Wildman–Crippen MR) is 56.0 cm³/mol. The fraction of sp³-hybridized carbons (Fsp3) is 0.400. The van der Waals surface area contributed by atoms with Gasteiger partial charge in [-0.25, -0.2) is 0 Å². The van der Waals surface area contributed by atoms with Crippen LogP contribution in [0.5, 0.6) is 0 Å². The lowest BCUT2D eigenvalue weighted by molar-refractivity contribution is -0.125. The van der Waals surface area contributed by atoms with Crippen LogP contribution in [0.4, 0.5) is 0 Å². The molecule has 1 unspecified atom stereocenters. The molecule has 5 heteroatoms. The molecular formula is C10H15N3O2. The van der Waals surface area contributed by atoms with Crippen LogP contribution in [0.2, 0.25) is 0 Å². The SMILES string of the molecule is NC(=O)C(O)CNCCc1ccncc1. The van der Waals surface area contributed by atoms with E-state index in [1.54, 1.807) is 12.4 Å². The van der Waals surface area contributed by atoms with E-state index in [0.29, 0.717) is 6.54 Å². The lowest BCUT2D eigenvalue weighted by Gasteiger charge is -2.07. The van der Waals surface area contributed by atoms with E-state index in [-0.39, 0.29) is 6.54 Å². The zero-order valence-electron chi connectivity index (χ0n) is 8.39. The Labute approximate surface area is 88.3 Å². The number of aliphatic hydroxyl groups is 1. The molecule has 5 nitrogen and oxygen atoms in total. The lowest BCUT2D eigenvalue weighted by atomic mass is 10.2. The molecule has 0 saturated heterocycles. The molecule has 1 aromatic heterocycles. The van der Waals surface area contributed by atoms with Crippen molar-refractivity contribution in [1.29, 1.82) is 0 Å². The molecule has 0 aliphatic rings. The molecule has 1 heterocycles. The minimum absolute atomic E-state index is 0.195.